The van der Waals surface area contributed by atoms with Gasteiger partial charge < -0.3 is 4.90 Å². The maximum absolute atomic E-state index is 11.9. The van der Waals surface area contributed by atoms with Gasteiger partial charge in [0.1, 0.15) is 6.04 Å². The minimum atomic E-state index is -0.446. The smallest absolute Gasteiger partial charge is 0.270 e. The Kier molecular flexibility index (Phi) is 4.02. The Balaban J connectivity index is 2.30. The molecule has 0 N–H and O–H groups in total. The predicted octanol–water partition coefficient (Wildman–Crippen LogP) is 2.11. The second-order valence-corrected chi connectivity index (χ2v) is 4.90. The molecule has 1 unspecified atom stereocenters. The molecule has 0 aliphatic heterocycles. The Morgan fingerprint density at radius 2 is 2.10 bits per heavy atom. The number of carbonyl (C=O) groups is 1. The van der Waals surface area contributed by atoms with Gasteiger partial charge in [-0.3, -0.25) is 19.6 Å². The fraction of sp³-hybridized carbons (Fsp3) is 0.286. The maximum Gasteiger partial charge on any atom is 0.270 e. The Labute approximate surface area is 121 Å². The lowest BCUT2D eigenvalue weighted by Crippen LogP contribution is -2.30. The van der Waals surface area contributed by atoms with Gasteiger partial charge in [0.2, 0.25) is 5.91 Å². The van der Waals surface area contributed by atoms with E-state index in [1.54, 1.807) is 50.1 Å². The number of non-ortho nitro benzene ring substituents is 1. The Morgan fingerprint density at radius 1 is 1.38 bits per heavy atom. The number of aromatic nitrogens is 2. The molecule has 1 atom stereocenters. The molecular formula is C14H16N4O3. The van der Waals surface area contributed by atoms with Gasteiger partial charge in [0.05, 0.1) is 10.6 Å². The molecular weight excluding hydrogens is 272 g/mol. The van der Waals surface area contributed by atoms with Crippen molar-refractivity contribution in [1.29, 1.82) is 0 Å². The van der Waals surface area contributed by atoms with Crippen LogP contribution >= 0.6 is 0 Å². The summed E-state index contributed by atoms with van der Waals surface area (Å²) in [4.78, 5) is 23.8. The average Bonchev–Trinajstić information content (AvgIpc) is 2.95. The molecule has 110 valence electrons. The minimum absolute atomic E-state index is 0.0134. The first-order valence-corrected chi connectivity index (χ1v) is 6.41. The normalized spacial score (nSPS) is 12.0. The van der Waals surface area contributed by atoms with Crippen molar-refractivity contribution in [3.8, 4) is 11.3 Å². The van der Waals surface area contributed by atoms with Crippen LogP contribution in [0.15, 0.2) is 36.5 Å². The fourth-order valence-electron chi connectivity index (χ4n) is 1.97. The van der Waals surface area contributed by atoms with Crippen molar-refractivity contribution in [2.45, 2.75) is 13.0 Å². The third-order valence-corrected chi connectivity index (χ3v) is 3.16. The second kappa shape index (κ2) is 5.74. The highest BCUT2D eigenvalue weighted by atomic mass is 16.6. The van der Waals surface area contributed by atoms with Crippen molar-refractivity contribution in [2.75, 3.05) is 14.1 Å². The molecule has 1 amide bonds. The summed E-state index contributed by atoms with van der Waals surface area (Å²) in [5.74, 6) is -0.0660. The van der Waals surface area contributed by atoms with Crippen molar-refractivity contribution >= 4 is 11.6 Å². The monoisotopic (exact) mass is 288 g/mol. The number of likely N-dealkylation sites (N-methyl/N-ethyl adjacent to an activating group) is 1. The highest BCUT2D eigenvalue weighted by molar-refractivity contribution is 5.79. The van der Waals surface area contributed by atoms with Gasteiger partial charge in [-0.25, -0.2) is 0 Å². The lowest BCUT2D eigenvalue weighted by Gasteiger charge is -2.16. The van der Waals surface area contributed by atoms with E-state index in [1.807, 2.05) is 0 Å². The average molecular weight is 288 g/mol. The van der Waals surface area contributed by atoms with Gasteiger partial charge in [0, 0.05) is 38.0 Å². The zero-order chi connectivity index (χ0) is 15.6. The zero-order valence-corrected chi connectivity index (χ0v) is 12.1. The van der Waals surface area contributed by atoms with Crippen molar-refractivity contribution in [3.05, 3.63) is 46.6 Å². The van der Waals surface area contributed by atoms with Crippen molar-refractivity contribution in [1.82, 2.24) is 14.7 Å². The zero-order valence-electron chi connectivity index (χ0n) is 12.1. The van der Waals surface area contributed by atoms with E-state index in [-0.39, 0.29) is 11.6 Å². The lowest BCUT2D eigenvalue weighted by atomic mass is 10.1. The molecule has 0 aliphatic carbocycles. The van der Waals surface area contributed by atoms with Crippen molar-refractivity contribution < 1.29 is 9.72 Å². The van der Waals surface area contributed by atoms with E-state index in [4.69, 9.17) is 0 Å². The molecule has 0 saturated heterocycles. The highest BCUT2D eigenvalue weighted by Crippen LogP contribution is 2.23. The molecule has 1 aromatic heterocycles. The summed E-state index contributed by atoms with van der Waals surface area (Å²) in [6.45, 7) is 1.76. The van der Waals surface area contributed by atoms with E-state index in [0.29, 0.717) is 11.3 Å². The number of rotatable bonds is 4. The van der Waals surface area contributed by atoms with E-state index < -0.39 is 11.0 Å². The van der Waals surface area contributed by atoms with E-state index >= 15 is 0 Å². The lowest BCUT2D eigenvalue weighted by molar-refractivity contribution is -0.384. The van der Waals surface area contributed by atoms with Crippen molar-refractivity contribution in [3.63, 3.8) is 0 Å². The molecule has 2 aromatic rings. The molecule has 1 heterocycles. The summed E-state index contributed by atoms with van der Waals surface area (Å²) in [6, 6.07) is 7.56. The maximum atomic E-state index is 11.9. The molecule has 0 spiro atoms. The predicted molar refractivity (Wildman–Crippen MR) is 77.7 cm³/mol. The number of amides is 1. The topological polar surface area (TPSA) is 81.3 Å². The van der Waals surface area contributed by atoms with Crippen LogP contribution in [0.1, 0.15) is 13.0 Å². The number of carbonyl (C=O) groups excluding carboxylic acids is 1. The molecule has 21 heavy (non-hydrogen) atoms. The Bertz CT molecular complexity index is 678. The van der Waals surface area contributed by atoms with Crippen LogP contribution in [-0.4, -0.2) is 39.6 Å². The van der Waals surface area contributed by atoms with E-state index in [0.717, 1.165) is 0 Å². The molecule has 2 rings (SSSR count). The number of benzene rings is 1. The van der Waals surface area contributed by atoms with Gasteiger partial charge >= 0.3 is 0 Å². The molecule has 0 fully saturated rings. The highest BCUT2D eigenvalue weighted by Gasteiger charge is 2.18. The molecule has 1 aromatic carbocycles. The first-order chi connectivity index (χ1) is 9.90. The summed E-state index contributed by atoms with van der Waals surface area (Å²) in [7, 11) is 3.37. The Hall–Kier alpha value is -2.70. The van der Waals surface area contributed by atoms with Crippen LogP contribution in [0.4, 0.5) is 5.69 Å². The van der Waals surface area contributed by atoms with Crippen LogP contribution in [0.5, 0.6) is 0 Å². The molecule has 0 bridgehead atoms. The summed E-state index contributed by atoms with van der Waals surface area (Å²) in [6.07, 6.45) is 1.69. The first-order valence-electron chi connectivity index (χ1n) is 6.41. The third-order valence-electron chi connectivity index (χ3n) is 3.16. The summed E-state index contributed by atoms with van der Waals surface area (Å²) >= 11 is 0. The largest absolute Gasteiger partial charge is 0.347 e. The number of nitro groups is 1. The SMILES string of the molecule is CC(C(=O)N(C)C)n1ccc(-c2cccc([N+](=O)[O-])c2)n1. The molecule has 7 nitrogen and oxygen atoms in total. The van der Waals surface area contributed by atoms with Gasteiger partial charge in [0.25, 0.3) is 5.69 Å². The van der Waals surface area contributed by atoms with Crippen molar-refractivity contribution in [2.24, 2.45) is 0 Å². The molecule has 0 aliphatic rings. The molecule has 0 radical (unpaired) electrons. The van der Waals surface area contributed by atoms with Gasteiger partial charge in [-0.05, 0) is 13.0 Å². The quantitative estimate of drug-likeness (QED) is 0.637. The summed E-state index contributed by atoms with van der Waals surface area (Å²) in [5, 5.41) is 15.1. The van der Waals surface area contributed by atoms with E-state index in [2.05, 4.69) is 5.10 Å². The van der Waals surface area contributed by atoms with Crippen LogP contribution in [-0.2, 0) is 4.79 Å². The van der Waals surface area contributed by atoms with E-state index in [1.165, 1.54) is 17.0 Å². The van der Waals surface area contributed by atoms with E-state index in [9.17, 15) is 14.9 Å². The van der Waals surface area contributed by atoms with Gasteiger partial charge in [-0.15, -0.1) is 0 Å². The fourth-order valence-corrected chi connectivity index (χ4v) is 1.97. The van der Waals surface area contributed by atoms with Crippen LogP contribution in [0.25, 0.3) is 11.3 Å². The Morgan fingerprint density at radius 3 is 2.71 bits per heavy atom. The summed E-state index contributed by atoms with van der Waals surface area (Å²) in [5.41, 5.74) is 1.25. The second-order valence-electron chi connectivity index (χ2n) is 4.90. The van der Waals surface area contributed by atoms with Gasteiger partial charge in [-0.1, -0.05) is 12.1 Å². The van der Waals surface area contributed by atoms with Crippen LogP contribution in [0.3, 0.4) is 0 Å². The van der Waals surface area contributed by atoms with Gasteiger partial charge in [-0.2, -0.15) is 5.10 Å². The summed E-state index contributed by atoms with van der Waals surface area (Å²) < 4.78 is 1.55. The number of nitro benzene ring substituents is 1. The minimum Gasteiger partial charge on any atom is -0.347 e. The first kappa shape index (κ1) is 14.7. The molecule has 7 heteroatoms. The molecule has 0 saturated carbocycles. The van der Waals surface area contributed by atoms with Gasteiger partial charge in [0.15, 0.2) is 0 Å². The number of hydrogen-bond donors (Lipinski definition) is 0. The van der Waals surface area contributed by atoms with Crippen LogP contribution in [0, 0.1) is 10.1 Å². The number of hydrogen-bond acceptors (Lipinski definition) is 4. The standard InChI is InChI=1S/C14H16N4O3/c1-10(14(19)16(2)3)17-8-7-13(15-17)11-5-4-6-12(9-11)18(20)21/h4-10H,1-3H3. The van der Waals surface area contributed by atoms with Crippen LogP contribution < -0.4 is 0 Å². The third kappa shape index (κ3) is 3.07. The van der Waals surface area contributed by atoms with Crippen LogP contribution in [0.2, 0.25) is 0 Å². The number of nitrogens with zero attached hydrogens (tertiary/aromatic N) is 4.